The summed E-state index contributed by atoms with van der Waals surface area (Å²) in [7, 11) is 0. The van der Waals surface area contributed by atoms with Gasteiger partial charge in [-0.1, -0.05) is 54.6 Å². The quantitative estimate of drug-likeness (QED) is 0.737. The van der Waals surface area contributed by atoms with E-state index in [0.717, 1.165) is 0 Å². The molecule has 3 aromatic rings. The van der Waals surface area contributed by atoms with Crippen LogP contribution in [0.1, 0.15) is 34.7 Å². The first-order valence-electron chi connectivity index (χ1n) is 7.67. The SMILES string of the molecule is NC(c1ccc2c(c1)CCC2)c1ccc2ccccc2c1. The van der Waals surface area contributed by atoms with Gasteiger partial charge in [0.05, 0.1) is 6.04 Å². The van der Waals surface area contributed by atoms with E-state index in [2.05, 4.69) is 60.7 Å². The first-order valence-corrected chi connectivity index (χ1v) is 7.67. The maximum absolute atomic E-state index is 6.50. The Labute approximate surface area is 125 Å². The van der Waals surface area contributed by atoms with E-state index in [0.29, 0.717) is 0 Å². The minimum atomic E-state index is -0.0412. The molecule has 1 aliphatic rings. The normalized spacial score (nSPS) is 15.1. The maximum atomic E-state index is 6.50. The predicted molar refractivity (Wildman–Crippen MR) is 88.4 cm³/mol. The van der Waals surface area contributed by atoms with Crippen molar-refractivity contribution in [3.63, 3.8) is 0 Å². The van der Waals surface area contributed by atoms with Crippen molar-refractivity contribution in [2.75, 3.05) is 0 Å². The zero-order chi connectivity index (χ0) is 14.2. The van der Waals surface area contributed by atoms with Gasteiger partial charge in [-0.05, 0) is 58.4 Å². The first kappa shape index (κ1) is 12.6. The molecule has 21 heavy (non-hydrogen) atoms. The van der Waals surface area contributed by atoms with E-state index >= 15 is 0 Å². The maximum Gasteiger partial charge on any atom is 0.0551 e. The first-order chi connectivity index (χ1) is 10.3. The Bertz CT molecular complexity index is 804. The third-order valence-electron chi connectivity index (χ3n) is 4.61. The van der Waals surface area contributed by atoms with Gasteiger partial charge in [0.2, 0.25) is 0 Å². The highest BCUT2D eigenvalue weighted by atomic mass is 14.6. The van der Waals surface area contributed by atoms with Crippen molar-refractivity contribution < 1.29 is 0 Å². The van der Waals surface area contributed by atoms with Gasteiger partial charge in [-0.25, -0.2) is 0 Å². The van der Waals surface area contributed by atoms with E-state index in [9.17, 15) is 0 Å². The molecule has 1 unspecified atom stereocenters. The largest absolute Gasteiger partial charge is 0.320 e. The van der Waals surface area contributed by atoms with Crippen LogP contribution in [0, 0.1) is 0 Å². The minimum Gasteiger partial charge on any atom is -0.320 e. The van der Waals surface area contributed by atoms with Crippen LogP contribution >= 0.6 is 0 Å². The van der Waals surface area contributed by atoms with Gasteiger partial charge < -0.3 is 5.73 Å². The summed E-state index contributed by atoms with van der Waals surface area (Å²) in [4.78, 5) is 0. The molecule has 0 aliphatic heterocycles. The van der Waals surface area contributed by atoms with Crippen LogP contribution in [-0.4, -0.2) is 0 Å². The number of fused-ring (bicyclic) bond motifs is 2. The fraction of sp³-hybridized carbons (Fsp3) is 0.200. The fourth-order valence-electron chi connectivity index (χ4n) is 3.38. The summed E-state index contributed by atoms with van der Waals surface area (Å²) < 4.78 is 0. The molecule has 2 N–H and O–H groups in total. The van der Waals surface area contributed by atoms with Gasteiger partial charge in [0.1, 0.15) is 0 Å². The van der Waals surface area contributed by atoms with Crippen molar-refractivity contribution >= 4 is 10.8 Å². The molecule has 0 aromatic heterocycles. The number of hydrogen-bond donors (Lipinski definition) is 1. The second kappa shape index (κ2) is 5.01. The summed E-state index contributed by atoms with van der Waals surface area (Å²) in [5.41, 5.74) is 11.9. The minimum absolute atomic E-state index is 0.0412. The highest BCUT2D eigenvalue weighted by Gasteiger charge is 2.15. The lowest BCUT2D eigenvalue weighted by Gasteiger charge is -2.15. The van der Waals surface area contributed by atoms with Crippen LogP contribution in [0.25, 0.3) is 10.8 Å². The number of rotatable bonds is 2. The van der Waals surface area contributed by atoms with Crippen LogP contribution in [0.2, 0.25) is 0 Å². The summed E-state index contributed by atoms with van der Waals surface area (Å²) in [5.74, 6) is 0. The lowest BCUT2D eigenvalue weighted by molar-refractivity contribution is 0.869. The predicted octanol–water partition coefficient (Wildman–Crippen LogP) is 4.38. The average Bonchev–Trinajstić information content (AvgIpc) is 3.01. The molecular weight excluding hydrogens is 254 g/mol. The summed E-state index contributed by atoms with van der Waals surface area (Å²) in [5, 5.41) is 2.52. The van der Waals surface area contributed by atoms with Gasteiger partial charge in [-0.2, -0.15) is 0 Å². The molecule has 104 valence electrons. The summed E-state index contributed by atoms with van der Waals surface area (Å²) in [6.45, 7) is 0. The van der Waals surface area contributed by atoms with E-state index in [1.165, 1.54) is 52.3 Å². The second-order valence-corrected chi connectivity index (χ2v) is 5.97. The van der Waals surface area contributed by atoms with Crippen LogP contribution in [0.4, 0.5) is 0 Å². The zero-order valence-electron chi connectivity index (χ0n) is 12.0. The molecule has 1 aliphatic carbocycles. The summed E-state index contributed by atoms with van der Waals surface area (Å²) >= 11 is 0. The Morgan fingerprint density at radius 1 is 0.714 bits per heavy atom. The molecule has 0 heterocycles. The van der Waals surface area contributed by atoms with E-state index in [1.807, 2.05) is 0 Å². The fourth-order valence-corrected chi connectivity index (χ4v) is 3.38. The second-order valence-electron chi connectivity index (χ2n) is 5.97. The highest BCUT2D eigenvalue weighted by Crippen LogP contribution is 2.28. The van der Waals surface area contributed by atoms with Crippen LogP contribution < -0.4 is 5.73 Å². The molecule has 0 spiro atoms. The highest BCUT2D eigenvalue weighted by molar-refractivity contribution is 5.83. The molecule has 4 rings (SSSR count). The van der Waals surface area contributed by atoms with Crippen molar-refractivity contribution in [2.24, 2.45) is 5.73 Å². The van der Waals surface area contributed by atoms with Gasteiger partial charge in [-0.3, -0.25) is 0 Å². The Morgan fingerprint density at radius 2 is 1.43 bits per heavy atom. The van der Waals surface area contributed by atoms with E-state index in [4.69, 9.17) is 5.73 Å². The van der Waals surface area contributed by atoms with E-state index in [-0.39, 0.29) is 6.04 Å². The van der Waals surface area contributed by atoms with Crippen molar-refractivity contribution in [1.82, 2.24) is 0 Å². The van der Waals surface area contributed by atoms with Gasteiger partial charge >= 0.3 is 0 Å². The topological polar surface area (TPSA) is 26.0 Å². The molecule has 1 nitrogen and oxygen atoms in total. The summed E-state index contributed by atoms with van der Waals surface area (Å²) in [6, 6.07) is 21.7. The van der Waals surface area contributed by atoms with Crippen LogP contribution in [-0.2, 0) is 12.8 Å². The standard InChI is InChI=1S/C20H19N/c21-20(19-11-9-15-6-3-7-17(15)13-19)18-10-8-14-4-1-2-5-16(14)12-18/h1-2,4-5,8-13,20H,3,6-7,21H2. The van der Waals surface area contributed by atoms with Gasteiger partial charge in [0.25, 0.3) is 0 Å². The molecular formula is C20H19N. The van der Waals surface area contributed by atoms with Crippen LogP contribution in [0.15, 0.2) is 60.7 Å². The Morgan fingerprint density at radius 3 is 2.33 bits per heavy atom. The van der Waals surface area contributed by atoms with Crippen molar-refractivity contribution in [3.05, 3.63) is 82.9 Å². The third kappa shape index (κ3) is 2.24. The van der Waals surface area contributed by atoms with Crippen LogP contribution in [0.3, 0.4) is 0 Å². The van der Waals surface area contributed by atoms with Crippen molar-refractivity contribution in [2.45, 2.75) is 25.3 Å². The Kier molecular flexibility index (Phi) is 3.01. The molecule has 0 saturated carbocycles. The van der Waals surface area contributed by atoms with E-state index < -0.39 is 0 Å². The molecule has 1 heteroatoms. The third-order valence-corrected chi connectivity index (χ3v) is 4.61. The lowest BCUT2D eigenvalue weighted by atomic mass is 9.95. The average molecular weight is 273 g/mol. The van der Waals surface area contributed by atoms with Gasteiger partial charge in [0.15, 0.2) is 0 Å². The lowest BCUT2D eigenvalue weighted by Crippen LogP contribution is -2.12. The molecule has 3 aromatic carbocycles. The smallest absolute Gasteiger partial charge is 0.0551 e. The van der Waals surface area contributed by atoms with Gasteiger partial charge in [0, 0.05) is 0 Å². The number of nitrogens with two attached hydrogens (primary N) is 1. The van der Waals surface area contributed by atoms with E-state index in [1.54, 1.807) is 0 Å². The number of benzene rings is 3. The molecule has 0 saturated heterocycles. The summed E-state index contributed by atoms with van der Waals surface area (Å²) in [6.07, 6.45) is 3.71. The zero-order valence-corrected chi connectivity index (χ0v) is 12.0. The number of aryl methyl sites for hydroxylation is 2. The monoisotopic (exact) mass is 273 g/mol. The van der Waals surface area contributed by atoms with Crippen molar-refractivity contribution in [3.8, 4) is 0 Å². The molecule has 0 amide bonds. The van der Waals surface area contributed by atoms with Crippen LogP contribution in [0.5, 0.6) is 0 Å². The molecule has 0 bridgehead atoms. The van der Waals surface area contributed by atoms with Gasteiger partial charge in [-0.15, -0.1) is 0 Å². The Hall–Kier alpha value is -2.12. The molecule has 1 atom stereocenters. The van der Waals surface area contributed by atoms with Crippen molar-refractivity contribution in [1.29, 1.82) is 0 Å². The number of hydrogen-bond acceptors (Lipinski definition) is 1. The molecule has 0 radical (unpaired) electrons. The molecule has 0 fully saturated rings. The Balaban J connectivity index is 1.73.